The van der Waals surface area contributed by atoms with Crippen molar-refractivity contribution >= 4 is 21.8 Å². The van der Waals surface area contributed by atoms with Gasteiger partial charge in [0.1, 0.15) is 0 Å². The number of benzene rings is 1. The van der Waals surface area contributed by atoms with Crippen molar-refractivity contribution in [2.24, 2.45) is 0 Å². The first-order valence-corrected chi connectivity index (χ1v) is 6.09. The highest BCUT2D eigenvalue weighted by Gasteiger charge is 2.07. The third kappa shape index (κ3) is 5.81. The van der Waals surface area contributed by atoms with Crippen LogP contribution in [0, 0.1) is 0 Å². The number of aliphatic hydroxyl groups excluding tert-OH is 1. The van der Waals surface area contributed by atoms with E-state index in [4.69, 9.17) is 4.74 Å². The Hall–Kier alpha value is -0.910. The van der Waals surface area contributed by atoms with Crippen LogP contribution in [0.5, 0.6) is 0 Å². The Morgan fingerprint density at radius 2 is 2.12 bits per heavy atom. The molecular formula is C12H16BrNO3. The zero-order valence-electron chi connectivity index (χ0n) is 9.65. The molecule has 0 fully saturated rings. The number of hydrogen-bond donors (Lipinski definition) is 2. The van der Waals surface area contributed by atoms with Crippen LogP contribution in [0.3, 0.4) is 0 Å². The van der Waals surface area contributed by atoms with Crippen LogP contribution in [0.25, 0.3) is 0 Å². The van der Waals surface area contributed by atoms with Gasteiger partial charge in [-0.15, -0.1) is 0 Å². The predicted molar refractivity (Wildman–Crippen MR) is 68.7 cm³/mol. The van der Waals surface area contributed by atoms with Gasteiger partial charge in [0, 0.05) is 18.1 Å². The fraction of sp³-hybridized carbons (Fsp3) is 0.417. The van der Waals surface area contributed by atoms with Gasteiger partial charge in [-0.1, -0.05) is 28.1 Å². The van der Waals surface area contributed by atoms with Gasteiger partial charge in [-0.05, 0) is 17.7 Å². The topological polar surface area (TPSA) is 58.6 Å². The van der Waals surface area contributed by atoms with E-state index in [0.717, 1.165) is 10.0 Å². The minimum atomic E-state index is -0.658. The molecule has 0 saturated heterocycles. The van der Waals surface area contributed by atoms with Gasteiger partial charge >= 0.3 is 0 Å². The molecule has 0 saturated carbocycles. The Balaban J connectivity index is 2.32. The van der Waals surface area contributed by atoms with E-state index in [0.29, 0.717) is 6.42 Å². The summed E-state index contributed by atoms with van der Waals surface area (Å²) in [6, 6.07) is 7.55. The lowest BCUT2D eigenvalue weighted by Crippen LogP contribution is -2.35. The molecule has 1 rings (SSSR count). The summed E-state index contributed by atoms with van der Waals surface area (Å²) in [7, 11) is 1.51. The Kier molecular flexibility index (Phi) is 6.18. The molecule has 4 nitrogen and oxygen atoms in total. The number of carbonyl (C=O) groups excluding carboxylic acids is 1. The Morgan fingerprint density at radius 1 is 1.47 bits per heavy atom. The summed E-state index contributed by atoms with van der Waals surface area (Å²) in [4.78, 5) is 11.5. The van der Waals surface area contributed by atoms with Crippen molar-refractivity contribution in [3.63, 3.8) is 0 Å². The smallest absolute Gasteiger partial charge is 0.224 e. The lowest BCUT2D eigenvalue weighted by molar-refractivity contribution is -0.121. The second-order valence-corrected chi connectivity index (χ2v) is 4.63. The molecule has 94 valence electrons. The second kappa shape index (κ2) is 7.42. The fourth-order valence-corrected chi connectivity index (χ4v) is 1.60. The zero-order chi connectivity index (χ0) is 12.7. The summed E-state index contributed by atoms with van der Waals surface area (Å²) in [5, 5.41) is 12.0. The second-order valence-electron chi connectivity index (χ2n) is 3.72. The maximum absolute atomic E-state index is 11.5. The SMILES string of the molecule is COCC(O)CNC(=O)Cc1ccc(Br)cc1. The number of rotatable bonds is 6. The minimum Gasteiger partial charge on any atom is -0.389 e. The fourth-order valence-electron chi connectivity index (χ4n) is 1.33. The summed E-state index contributed by atoms with van der Waals surface area (Å²) in [6.07, 6.45) is -0.346. The molecule has 17 heavy (non-hydrogen) atoms. The van der Waals surface area contributed by atoms with Crippen molar-refractivity contribution in [2.75, 3.05) is 20.3 Å². The van der Waals surface area contributed by atoms with Gasteiger partial charge in [-0.25, -0.2) is 0 Å². The van der Waals surface area contributed by atoms with Gasteiger partial charge in [-0.2, -0.15) is 0 Å². The molecule has 0 spiro atoms. The van der Waals surface area contributed by atoms with Crippen LogP contribution in [0.2, 0.25) is 0 Å². The highest BCUT2D eigenvalue weighted by atomic mass is 79.9. The molecule has 0 aliphatic carbocycles. The molecule has 1 unspecified atom stereocenters. The van der Waals surface area contributed by atoms with E-state index in [1.807, 2.05) is 24.3 Å². The molecular weight excluding hydrogens is 286 g/mol. The van der Waals surface area contributed by atoms with Gasteiger partial charge in [0.2, 0.25) is 5.91 Å². The van der Waals surface area contributed by atoms with Crippen LogP contribution in [-0.2, 0) is 16.0 Å². The van der Waals surface area contributed by atoms with E-state index in [1.165, 1.54) is 7.11 Å². The summed E-state index contributed by atoms with van der Waals surface area (Å²) in [6.45, 7) is 0.432. The molecule has 2 N–H and O–H groups in total. The third-order valence-electron chi connectivity index (χ3n) is 2.17. The van der Waals surface area contributed by atoms with Crippen molar-refractivity contribution < 1.29 is 14.6 Å². The lowest BCUT2D eigenvalue weighted by Gasteiger charge is -2.10. The molecule has 1 atom stereocenters. The molecule has 0 radical (unpaired) electrons. The number of aliphatic hydroxyl groups is 1. The average Bonchev–Trinajstić information content (AvgIpc) is 2.30. The van der Waals surface area contributed by atoms with Crippen LogP contribution in [0.15, 0.2) is 28.7 Å². The number of amides is 1. The lowest BCUT2D eigenvalue weighted by atomic mass is 10.1. The first-order chi connectivity index (χ1) is 8.11. The molecule has 5 heteroatoms. The number of halogens is 1. The van der Waals surface area contributed by atoms with E-state index in [2.05, 4.69) is 21.2 Å². The van der Waals surface area contributed by atoms with E-state index in [1.54, 1.807) is 0 Å². The maximum atomic E-state index is 11.5. The van der Waals surface area contributed by atoms with Crippen LogP contribution in [-0.4, -0.2) is 37.4 Å². The van der Waals surface area contributed by atoms with Crippen LogP contribution in [0.4, 0.5) is 0 Å². The molecule has 0 aliphatic heterocycles. The first-order valence-electron chi connectivity index (χ1n) is 5.30. The number of nitrogens with one attached hydrogen (secondary N) is 1. The van der Waals surface area contributed by atoms with E-state index >= 15 is 0 Å². The van der Waals surface area contributed by atoms with Gasteiger partial charge in [-0.3, -0.25) is 4.79 Å². The van der Waals surface area contributed by atoms with Crippen molar-refractivity contribution in [3.05, 3.63) is 34.3 Å². The molecule has 0 aliphatic rings. The van der Waals surface area contributed by atoms with Gasteiger partial charge in [0.15, 0.2) is 0 Å². The molecule has 0 aromatic heterocycles. The van der Waals surface area contributed by atoms with Gasteiger partial charge < -0.3 is 15.2 Å². The van der Waals surface area contributed by atoms with Crippen LogP contribution in [0.1, 0.15) is 5.56 Å². The van der Waals surface area contributed by atoms with Crippen molar-refractivity contribution in [1.29, 1.82) is 0 Å². The first kappa shape index (κ1) is 14.2. The number of methoxy groups -OCH3 is 1. The highest BCUT2D eigenvalue weighted by molar-refractivity contribution is 9.10. The largest absolute Gasteiger partial charge is 0.389 e. The quantitative estimate of drug-likeness (QED) is 0.828. The molecule has 1 aromatic rings. The van der Waals surface area contributed by atoms with Crippen LogP contribution < -0.4 is 5.32 Å². The highest BCUT2D eigenvalue weighted by Crippen LogP contribution is 2.10. The van der Waals surface area contributed by atoms with Crippen molar-refractivity contribution in [3.8, 4) is 0 Å². The Bertz CT molecular complexity index is 353. The van der Waals surface area contributed by atoms with E-state index in [9.17, 15) is 9.90 Å². The van der Waals surface area contributed by atoms with Crippen molar-refractivity contribution in [2.45, 2.75) is 12.5 Å². The molecule has 1 aromatic carbocycles. The molecule has 0 bridgehead atoms. The Morgan fingerprint density at radius 3 is 2.71 bits per heavy atom. The van der Waals surface area contributed by atoms with Gasteiger partial charge in [0.25, 0.3) is 0 Å². The van der Waals surface area contributed by atoms with Crippen LogP contribution >= 0.6 is 15.9 Å². The van der Waals surface area contributed by atoms with E-state index in [-0.39, 0.29) is 19.1 Å². The Labute approximate surface area is 109 Å². The predicted octanol–water partition coefficient (Wildman–Crippen LogP) is 1.12. The average molecular weight is 302 g/mol. The maximum Gasteiger partial charge on any atom is 0.224 e. The molecule has 0 heterocycles. The normalized spacial score (nSPS) is 12.2. The minimum absolute atomic E-state index is 0.109. The monoisotopic (exact) mass is 301 g/mol. The summed E-state index contributed by atoms with van der Waals surface area (Å²) in [5.74, 6) is -0.109. The summed E-state index contributed by atoms with van der Waals surface area (Å²) < 4.78 is 5.74. The number of carbonyl (C=O) groups is 1. The van der Waals surface area contributed by atoms with Gasteiger partial charge in [0.05, 0.1) is 19.1 Å². The molecule has 1 amide bonds. The standard InChI is InChI=1S/C12H16BrNO3/c1-17-8-11(15)7-14-12(16)6-9-2-4-10(13)5-3-9/h2-5,11,15H,6-8H2,1H3,(H,14,16). The zero-order valence-corrected chi connectivity index (χ0v) is 11.2. The third-order valence-corrected chi connectivity index (χ3v) is 2.70. The van der Waals surface area contributed by atoms with Crippen molar-refractivity contribution in [1.82, 2.24) is 5.32 Å². The summed E-state index contributed by atoms with van der Waals surface area (Å²) in [5.41, 5.74) is 0.937. The van der Waals surface area contributed by atoms with E-state index < -0.39 is 6.10 Å². The number of ether oxygens (including phenoxy) is 1. The summed E-state index contributed by atoms with van der Waals surface area (Å²) >= 11 is 3.33. The number of hydrogen-bond acceptors (Lipinski definition) is 3.